The summed E-state index contributed by atoms with van der Waals surface area (Å²) in [5, 5.41) is 3.25. The second kappa shape index (κ2) is 3.79. The zero-order valence-electron chi connectivity index (χ0n) is 7.94. The van der Waals surface area contributed by atoms with E-state index >= 15 is 0 Å². The zero-order chi connectivity index (χ0) is 10.0. The van der Waals surface area contributed by atoms with Crippen molar-refractivity contribution < 1.29 is 4.79 Å². The summed E-state index contributed by atoms with van der Waals surface area (Å²) in [4.78, 5) is 10.8. The van der Waals surface area contributed by atoms with Crippen LogP contribution in [0, 0.1) is 13.8 Å². The number of carbonyl (C=O) groups is 1. The van der Waals surface area contributed by atoms with Crippen molar-refractivity contribution in [2.24, 2.45) is 0 Å². The predicted octanol–water partition coefficient (Wildman–Crippen LogP) is 2.92. The Morgan fingerprint density at radius 1 is 1.31 bits per heavy atom. The molecule has 0 unspecified atom stereocenters. The van der Waals surface area contributed by atoms with Gasteiger partial charge in [-0.3, -0.25) is 4.79 Å². The second-order valence-electron chi connectivity index (χ2n) is 3.10. The Balaban J connectivity index is 3.08. The molecule has 0 bridgehead atoms. The molecule has 1 N–H and O–H groups in total. The van der Waals surface area contributed by atoms with Gasteiger partial charge in [-0.15, -0.1) is 0 Å². The van der Waals surface area contributed by atoms with E-state index < -0.39 is 0 Å². The van der Waals surface area contributed by atoms with Crippen LogP contribution >= 0.6 is 11.6 Å². The van der Waals surface area contributed by atoms with Gasteiger partial charge in [0.05, 0.1) is 10.7 Å². The van der Waals surface area contributed by atoms with Gasteiger partial charge in [0.25, 0.3) is 0 Å². The largest absolute Gasteiger partial charge is 0.325 e. The molecule has 3 heteroatoms. The Morgan fingerprint density at radius 3 is 2.38 bits per heavy atom. The van der Waals surface area contributed by atoms with Crippen LogP contribution in [-0.4, -0.2) is 5.91 Å². The Labute approximate surface area is 82.9 Å². The quantitative estimate of drug-likeness (QED) is 0.737. The van der Waals surface area contributed by atoms with Gasteiger partial charge < -0.3 is 5.32 Å². The molecular weight excluding hydrogens is 186 g/mol. The Hall–Kier alpha value is -1.02. The molecule has 0 radical (unpaired) electrons. The summed E-state index contributed by atoms with van der Waals surface area (Å²) in [6, 6.07) is 3.72. The van der Waals surface area contributed by atoms with E-state index in [1.165, 1.54) is 6.92 Å². The Kier molecular flexibility index (Phi) is 2.94. The minimum absolute atomic E-state index is 0.106. The van der Waals surface area contributed by atoms with Crippen LogP contribution in [0.1, 0.15) is 18.1 Å². The summed E-state index contributed by atoms with van der Waals surface area (Å²) in [6.45, 7) is 5.43. The Morgan fingerprint density at radius 2 is 1.85 bits per heavy atom. The van der Waals surface area contributed by atoms with Crippen molar-refractivity contribution in [2.45, 2.75) is 20.8 Å². The molecule has 0 heterocycles. The first-order chi connectivity index (χ1) is 6.00. The number of hydrogen-bond donors (Lipinski definition) is 1. The van der Waals surface area contributed by atoms with Gasteiger partial charge >= 0.3 is 0 Å². The van der Waals surface area contributed by atoms with Crippen molar-refractivity contribution in [3.63, 3.8) is 0 Å². The standard InChI is InChI=1S/C10H12ClNO/c1-6-4-9(11)10(5-7(6)2)12-8(3)13/h4-5H,1-3H3,(H,12,13). The number of halogens is 1. The van der Waals surface area contributed by atoms with Crippen LogP contribution in [0.2, 0.25) is 5.02 Å². The fourth-order valence-electron chi connectivity index (χ4n) is 1.07. The van der Waals surface area contributed by atoms with E-state index in [4.69, 9.17) is 11.6 Å². The maximum absolute atomic E-state index is 10.8. The van der Waals surface area contributed by atoms with Crippen molar-refractivity contribution in [3.8, 4) is 0 Å². The molecule has 0 aromatic heterocycles. The third-order valence-corrected chi connectivity index (χ3v) is 2.21. The summed E-state index contributed by atoms with van der Waals surface area (Å²) in [5.74, 6) is -0.106. The number of carbonyl (C=O) groups excluding carboxylic acids is 1. The smallest absolute Gasteiger partial charge is 0.221 e. The molecule has 0 saturated carbocycles. The first kappa shape index (κ1) is 10.1. The average molecular weight is 198 g/mol. The third-order valence-electron chi connectivity index (χ3n) is 1.89. The molecule has 0 spiro atoms. The van der Waals surface area contributed by atoms with Gasteiger partial charge in [-0.2, -0.15) is 0 Å². The lowest BCUT2D eigenvalue weighted by Crippen LogP contribution is -2.06. The number of amides is 1. The molecular formula is C10H12ClNO. The molecule has 0 atom stereocenters. The van der Waals surface area contributed by atoms with E-state index in [1.54, 1.807) is 0 Å². The summed E-state index contributed by atoms with van der Waals surface area (Å²) < 4.78 is 0. The first-order valence-corrected chi connectivity index (χ1v) is 4.43. The normalized spacial score (nSPS) is 9.85. The molecule has 1 aromatic carbocycles. The van der Waals surface area contributed by atoms with Gasteiger partial charge in [0.2, 0.25) is 5.91 Å². The number of aryl methyl sites for hydroxylation is 2. The summed E-state index contributed by atoms with van der Waals surface area (Å²) >= 11 is 5.93. The van der Waals surface area contributed by atoms with Crippen LogP contribution in [0.15, 0.2) is 12.1 Å². The highest BCUT2D eigenvalue weighted by Crippen LogP contribution is 2.25. The first-order valence-electron chi connectivity index (χ1n) is 4.05. The average Bonchev–Trinajstić information content (AvgIpc) is 1.99. The van der Waals surface area contributed by atoms with Crippen LogP contribution in [0.4, 0.5) is 5.69 Å². The van der Waals surface area contributed by atoms with E-state index in [0.29, 0.717) is 10.7 Å². The van der Waals surface area contributed by atoms with Crippen molar-refractivity contribution in [1.29, 1.82) is 0 Å². The number of benzene rings is 1. The molecule has 0 saturated heterocycles. The maximum Gasteiger partial charge on any atom is 0.221 e. The van der Waals surface area contributed by atoms with Crippen LogP contribution in [-0.2, 0) is 4.79 Å². The molecule has 13 heavy (non-hydrogen) atoms. The van der Waals surface area contributed by atoms with Gasteiger partial charge in [0.1, 0.15) is 0 Å². The molecule has 1 rings (SSSR count). The minimum atomic E-state index is -0.106. The zero-order valence-corrected chi connectivity index (χ0v) is 8.70. The van der Waals surface area contributed by atoms with Gasteiger partial charge in [0.15, 0.2) is 0 Å². The van der Waals surface area contributed by atoms with Crippen molar-refractivity contribution in [2.75, 3.05) is 5.32 Å². The van der Waals surface area contributed by atoms with E-state index in [-0.39, 0.29) is 5.91 Å². The van der Waals surface area contributed by atoms with Crippen LogP contribution in [0.5, 0.6) is 0 Å². The highest BCUT2D eigenvalue weighted by atomic mass is 35.5. The molecule has 2 nitrogen and oxygen atoms in total. The summed E-state index contributed by atoms with van der Waals surface area (Å²) in [5.41, 5.74) is 2.92. The molecule has 1 aromatic rings. The fraction of sp³-hybridized carbons (Fsp3) is 0.300. The molecule has 0 aliphatic heterocycles. The van der Waals surface area contributed by atoms with Gasteiger partial charge in [-0.05, 0) is 37.1 Å². The van der Waals surface area contributed by atoms with E-state index in [9.17, 15) is 4.79 Å². The van der Waals surface area contributed by atoms with Crippen LogP contribution < -0.4 is 5.32 Å². The number of hydrogen-bond acceptors (Lipinski definition) is 1. The van der Waals surface area contributed by atoms with E-state index in [1.807, 2.05) is 26.0 Å². The SMILES string of the molecule is CC(=O)Nc1cc(C)c(C)cc1Cl. The predicted molar refractivity (Wildman–Crippen MR) is 55.2 cm³/mol. The topological polar surface area (TPSA) is 29.1 Å². The monoisotopic (exact) mass is 197 g/mol. The molecule has 0 aliphatic rings. The van der Waals surface area contributed by atoms with E-state index in [2.05, 4.69) is 5.32 Å². The van der Waals surface area contributed by atoms with Gasteiger partial charge in [0, 0.05) is 6.92 Å². The summed E-state index contributed by atoms with van der Waals surface area (Å²) in [6.07, 6.45) is 0. The van der Waals surface area contributed by atoms with Crippen molar-refractivity contribution in [3.05, 3.63) is 28.3 Å². The minimum Gasteiger partial charge on any atom is -0.325 e. The number of anilines is 1. The number of rotatable bonds is 1. The lowest BCUT2D eigenvalue weighted by atomic mass is 10.1. The molecule has 0 aliphatic carbocycles. The van der Waals surface area contributed by atoms with Crippen molar-refractivity contribution in [1.82, 2.24) is 0 Å². The van der Waals surface area contributed by atoms with Gasteiger partial charge in [-0.25, -0.2) is 0 Å². The van der Waals surface area contributed by atoms with Crippen LogP contribution in [0.3, 0.4) is 0 Å². The van der Waals surface area contributed by atoms with Crippen molar-refractivity contribution >= 4 is 23.2 Å². The fourth-order valence-corrected chi connectivity index (χ4v) is 1.33. The maximum atomic E-state index is 10.8. The Bertz CT molecular complexity index is 347. The third kappa shape index (κ3) is 2.46. The van der Waals surface area contributed by atoms with Crippen LogP contribution in [0.25, 0.3) is 0 Å². The van der Waals surface area contributed by atoms with E-state index in [0.717, 1.165) is 11.1 Å². The van der Waals surface area contributed by atoms with Gasteiger partial charge in [-0.1, -0.05) is 11.6 Å². The molecule has 70 valence electrons. The molecule has 1 amide bonds. The second-order valence-corrected chi connectivity index (χ2v) is 3.50. The highest BCUT2D eigenvalue weighted by molar-refractivity contribution is 6.33. The number of nitrogens with one attached hydrogen (secondary N) is 1. The summed E-state index contributed by atoms with van der Waals surface area (Å²) in [7, 11) is 0. The molecule has 0 fully saturated rings. The highest BCUT2D eigenvalue weighted by Gasteiger charge is 2.03. The lowest BCUT2D eigenvalue weighted by molar-refractivity contribution is -0.114. The lowest BCUT2D eigenvalue weighted by Gasteiger charge is -2.08.